The number of carbonyl (C=O) groups excluding carboxylic acids is 2. The van der Waals surface area contributed by atoms with Crippen LogP contribution in [0.5, 0.6) is 0 Å². The molecule has 102 valence electrons. The monoisotopic (exact) mass is 269 g/mol. The zero-order chi connectivity index (χ0) is 14.3. The van der Waals surface area contributed by atoms with E-state index in [1.807, 2.05) is 13.0 Å². The van der Waals surface area contributed by atoms with Crippen molar-refractivity contribution in [1.29, 1.82) is 0 Å². The van der Waals surface area contributed by atoms with Gasteiger partial charge in [-0.15, -0.1) is 0 Å². The van der Waals surface area contributed by atoms with Crippen LogP contribution in [0.1, 0.15) is 34.1 Å². The minimum absolute atomic E-state index is 0.232. The van der Waals surface area contributed by atoms with E-state index in [0.717, 1.165) is 11.8 Å². The highest BCUT2D eigenvalue weighted by molar-refractivity contribution is 6.26. The number of hydrogen-bond acceptors (Lipinski definition) is 4. The van der Waals surface area contributed by atoms with Gasteiger partial charge in [-0.1, -0.05) is 19.1 Å². The van der Waals surface area contributed by atoms with E-state index < -0.39 is 0 Å². The van der Waals surface area contributed by atoms with Gasteiger partial charge in [0, 0.05) is 28.4 Å². The van der Waals surface area contributed by atoms with Crippen LogP contribution in [0, 0.1) is 0 Å². The smallest absolute Gasteiger partial charge is 0.261 e. The Labute approximate surface area is 116 Å². The van der Waals surface area contributed by atoms with Crippen molar-refractivity contribution in [2.45, 2.75) is 13.3 Å². The molecule has 3 N–H and O–H groups in total. The second kappa shape index (κ2) is 4.61. The molecule has 0 spiro atoms. The van der Waals surface area contributed by atoms with Crippen LogP contribution in [0.3, 0.4) is 0 Å². The molecular formula is C15H15N3O2. The molecule has 0 unspecified atom stereocenters. The number of nitrogens with zero attached hydrogens (tertiary/aromatic N) is 1. The minimum Gasteiger partial charge on any atom is -0.324 e. The highest BCUT2D eigenvalue weighted by Gasteiger charge is 2.32. The van der Waals surface area contributed by atoms with Crippen molar-refractivity contribution in [2.75, 3.05) is 12.0 Å². The Hall–Kier alpha value is -2.40. The lowest BCUT2D eigenvalue weighted by atomic mass is 9.93. The van der Waals surface area contributed by atoms with E-state index in [2.05, 4.69) is 5.43 Å². The summed E-state index contributed by atoms with van der Waals surface area (Å²) in [5.74, 6) is 5.02. The average molecular weight is 269 g/mol. The number of nitrogen functional groups attached to an aromatic ring is 1. The predicted octanol–water partition coefficient (Wildman–Crippen LogP) is 2.13. The highest BCUT2D eigenvalue weighted by atomic mass is 16.2. The normalized spacial score (nSPS) is 14.0. The van der Waals surface area contributed by atoms with E-state index in [0.29, 0.717) is 28.7 Å². The molecule has 2 aromatic rings. The maximum Gasteiger partial charge on any atom is 0.261 e. The molecule has 0 aliphatic carbocycles. The van der Waals surface area contributed by atoms with Crippen LogP contribution in [-0.4, -0.2) is 23.3 Å². The summed E-state index contributed by atoms with van der Waals surface area (Å²) in [7, 11) is 0. The largest absolute Gasteiger partial charge is 0.324 e. The zero-order valence-electron chi connectivity index (χ0n) is 11.1. The summed E-state index contributed by atoms with van der Waals surface area (Å²) >= 11 is 0. The Kier molecular flexibility index (Phi) is 2.91. The number of imide groups is 1. The standard InChI is InChI=1S/C15H15N3O2/c1-2-8-18-14(19)10-5-3-4-9-12(17-16)7-6-11(13(9)10)15(18)20/h3-7,17H,2,8,16H2,1H3. The Bertz CT molecular complexity index is 702. The highest BCUT2D eigenvalue weighted by Crippen LogP contribution is 2.33. The Morgan fingerprint density at radius 2 is 1.80 bits per heavy atom. The fourth-order valence-electron chi connectivity index (χ4n) is 2.70. The summed E-state index contributed by atoms with van der Waals surface area (Å²) in [5.41, 5.74) is 4.42. The first-order valence-corrected chi connectivity index (χ1v) is 6.57. The Morgan fingerprint density at radius 3 is 2.45 bits per heavy atom. The first-order valence-electron chi connectivity index (χ1n) is 6.57. The number of rotatable bonds is 3. The number of hydrogen-bond donors (Lipinski definition) is 2. The summed E-state index contributed by atoms with van der Waals surface area (Å²) in [6.45, 7) is 2.38. The van der Waals surface area contributed by atoms with Gasteiger partial charge >= 0.3 is 0 Å². The third kappa shape index (κ3) is 1.60. The van der Waals surface area contributed by atoms with Gasteiger partial charge in [0.05, 0.1) is 5.69 Å². The molecule has 1 heterocycles. The lowest BCUT2D eigenvalue weighted by Gasteiger charge is -2.27. The van der Waals surface area contributed by atoms with Crippen molar-refractivity contribution in [3.05, 3.63) is 41.5 Å². The number of benzene rings is 2. The summed E-state index contributed by atoms with van der Waals surface area (Å²) < 4.78 is 0. The van der Waals surface area contributed by atoms with E-state index in [1.54, 1.807) is 24.3 Å². The number of anilines is 1. The SMILES string of the molecule is CCCN1C(=O)c2cccc3c(NN)ccc(c23)C1=O. The summed E-state index contributed by atoms with van der Waals surface area (Å²) in [5, 5.41) is 1.48. The molecule has 2 aromatic carbocycles. The first kappa shape index (κ1) is 12.6. The molecule has 0 fully saturated rings. The van der Waals surface area contributed by atoms with Crippen LogP contribution in [-0.2, 0) is 0 Å². The third-order valence-electron chi connectivity index (χ3n) is 3.59. The van der Waals surface area contributed by atoms with E-state index in [1.165, 1.54) is 4.90 Å². The van der Waals surface area contributed by atoms with Crippen molar-refractivity contribution >= 4 is 28.3 Å². The van der Waals surface area contributed by atoms with E-state index in [4.69, 9.17) is 5.84 Å². The molecule has 1 aliphatic rings. The van der Waals surface area contributed by atoms with Gasteiger partial charge in [0.1, 0.15) is 0 Å². The second-order valence-corrected chi connectivity index (χ2v) is 4.80. The third-order valence-corrected chi connectivity index (χ3v) is 3.59. The van der Waals surface area contributed by atoms with Gasteiger partial charge in [0.25, 0.3) is 11.8 Å². The number of nitrogens with two attached hydrogens (primary N) is 1. The van der Waals surface area contributed by atoms with E-state index in [9.17, 15) is 9.59 Å². The summed E-state index contributed by atoms with van der Waals surface area (Å²) in [4.78, 5) is 26.2. The molecule has 0 aromatic heterocycles. The van der Waals surface area contributed by atoms with Gasteiger partial charge in [-0.2, -0.15) is 0 Å². The summed E-state index contributed by atoms with van der Waals surface area (Å²) in [6.07, 6.45) is 0.741. The van der Waals surface area contributed by atoms with E-state index >= 15 is 0 Å². The second-order valence-electron chi connectivity index (χ2n) is 4.80. The lowest BCUT2D eigenvalue weighted by molar-refractivity contribution is 0.0611. The minimum atomic E-state index is -0.232. The van der Waals surface area contributed by atoms with Crippen LogP contribution in [0.15, 0.2) is 30.3 Å². The Balaban J connectivity index is 2.33. The molecule has 0 bridgehead atoms. The predicted molar refractivity (Wildman–Crippen MR) is 77.4 cm³/mol. The van der Waals surface area contributed by atoms with E-state index in [-0.39, 0.29) is 11.8 Å². The molecule has 0 atom stereocenters. The number of carbonyl (C=O) groups is 2. The van der Waals surface area contributed by atoms with Crippen LogP contribution in [0.25, 0.3) is 10.8 Å². The van der Waals surface area contributed by atoms with Crippen LogP contribution in [0.2, 0.25) is 0 Å². The zero-order valence-corrected chi connectivity index (χ0v) is 11.1. The summed E-state index contributed by atoms with van der Waals surface area (Å²) in [6, 6.07) is 8.90. The quantitative estimate of drug-likeness (QED) is 0.508. The molecule has 20 heavy (non-hydrogen) atoms. The molecule has 0 radical (unpaired) electrons. The van der Waals surface area contributed by atoms with Crippen molar-refractivity contribution < 1.29 is 9.59 Å². The van der Waals surface area contributed by atoms with Gasteiger partial charge in [0.2, 0.25) is 0 Å². The van der Waals surface area contributed by atoms with Gasteiger partial charge in [-0.25, -0.2) is 0 Å². The first-order chi connectivity index (χ1) is 9.69. The van der Waals surface area contributed by atoms with Gasteiger partial charge in [0.15, 0.2) is 0 Å². The maximum atomic E-state index is 12.5. The number of hydrazine groups is 1. The molecule has 2 amide bonds. The molecule has 5 nitrogen and oxygen atoms in total. The molecule has 3 rings (SSSR count). The molecule has 0 saturated carbocycles. The van der Waals surface area contributed by atoms with Crippen LogP contribution >= 0.6 is 0 Å². The average Bonchev–Trinajstić information content (AvgIpc) is 2.48. The molecule has 1 aliphatic heterocycles. The maximum absolute atomic E-state index is 12.5. The fraction of sp³-hybridized carbons (Fsp3) is 0.200. The molecule has 0 saturated heterocycles. The van der Waals surface area contributed by atoms with Crippen molar-refractivity contribution in [1.82, 2.24) is 4.90 Å². The fourth-order valence-corrected chi connectivity index (χ4v) is 2.70. The van der Waals surface area contributed by atoms with Crippen molar-refractivity contribution in [3.8, 4) is 0 Å². The van der Waals surface area contributed by atoms with Gasteiger partial charge in [-0.3, -0.25) is 20.3 Å². The van der Waals surface area contributed by atoms with Crippen molar-refractivity contribution in [3.63, 3.8) is 0 Å². The number of nitrogens with one attached hydrogen (secondary N) is 1. The number of amides is 2. The molecular weight excluding hydrogens is 254 g/mol. The van der Waals surface area contributed by atoms with Crippen LogP contribution < -0.4 is 11.3 Å². The Morgan fingerprint density at radius 1 is 1.10 bits per heavy atom. The molecule has 5 heteroatoms. The lowest BCUT2D eigenvalue weighted by Crippen LogP contribution is -2.40. The topological polar surface area (TPSA) is 75.4 Å². The van der Waals surface area contributed by atoms with Gasteiger partial charge < -0.3 is 5.43 Å². The van der Waals surface area contributed by atoms with Crippen LogP contribution in [0.4, 0.5) is 5.69 Å². The van der Waals surface area contributed by atoms with Crippen molar-refractivity contribution in [2.24, 2.45) is 5.84 Å². The van der Waals surface area contributed by atoms with Gasteiger partial charge in [-0.05, 0) is 24.6 Å².